The number of hydrogen-bond donors (Lipinski definition) is 1. The molecule has 1 heterocycles. The van der Waals surface area contributed by atoms with Gasteiger partial charge in [-0.25, -0.2) is 8.42 Å². The van der Waals surface area contributed by atoms with Crippen molar-refractivity contribution in [2.75, 3.05) is 26.8 Å². The van der Waals surface area contributed by atoms with E-state index in [-0.39, 0.29) is 29.3 Å². The fourth-order valence-electron chi connectivity index (χ4n) is 3.71. The molecule has 0 aromatic heterocycles. The van der Waals surface area contributed by atoms with Crippen molar-refractivity contribution in [1.29, 1.82) is 0 Å². The van der Waals surface area contributed by atoms with Gasteiger partial charge in [0.1, 0.15) is 11.5 Å². The Hall–Kier alpha value is -2.58. The van der Waals surface area contributed by atoms with Crippen LogP contribution >= 0.6 is 0 Å². The topological polar surface area (TPSA) is 84.9 Å². The van der Waals surface area contributed by atoms with Crippen molar-refractivity contribution < 1.29 is 22.7 Å². The molecule has 0 aliphatic carbocycles. The number of sulfonamides is 1. The lowest BCUT2D eigenvalue weighted by atomic mass is 9.98. The maximum atomic E-state index is 13.1. The Morgan fingerprint density at radius 1 is 1.13 bits per heavy atom. The van der Waals surface area contributed by atoms with Gasteiger partial charge in [-0.1, -0.05) is 12.1 Å². The lowest BCUT2D eigenvalue weighted by molar-refractivity contribution is -0.126. The van der Waals surface area contributed by atoms with E-state index in [1.807, 2.05) is 38.1 Å². The summed E-state index contributed by atoms with van der Waals surface area (Å²) in [5, 5.41) is 3.02. The first kappa shape index (κ1) is 23.1. The van der Waals surface area contributed by atoms with Crippen molar-refractivity contribution in [2.24, 2.45) is 5.92 Å². The molecule has 1 fully saturated rings. The molecule has 2 aromatic rings. The molecule has 0 unspecified atom stereocenters. The van der Waals surface area contributed by atoms with Gasteiger partial charge < -0.3 is 14.8 Å². The van der Waals surface area contributed by atoms with Crippen molar-refractivity contribution in [3.8, 4) is 11.5 Å². The Morgan fingerprint density at radius 2 is 1.77 bits per heavy atom. The van der Waals surface area contributed by atoms with Gasteiger partial charge in [-0.05, 0) is 68.7 Å². The standard InChI is InChI=1S/C23H30N2O5S/c1-4-30-21-11-13-22(14-12-21)31(27,28)25-15-5-6-19(16-25)23(26)24-17(2)18-7-9-20(29-3)10-8-18/h7-14,17,19H,4-6,15-16H2,1-3H3,(H,24,26)/t17-,19+/m0/s1. The average Bonchev–Trinajstić information content (AvgIpc) is 2.79. The molecule has 1 aliphatic heterocycles. The van der Waals surface area contributed by atoms with Crippen molar-refractivity contribution in [3.05, 3.63) is 54.1 Å². The first-order valence-corrected chi connectivity index (χ1v) is 12.0. The van der Waals surface area contributed by atoms with Gasteiger partial charge in [0, 0.05) is 13.1 Å². The third-order valence-corrected chi connectivity index (χ3v) is 7.38. The van der Waals surface area contributed by atoms with Crippen LogP contribution in [-0.2, 0) is 14.8 Å². The Morgan fingerprint density at radius 3 is 2.39 bits per heavy atom. The van der Waals surface area contributed by atoms with E-state index in [4.69, 9.17) is 9.47 Å². The fraction of sp³-hybridized carbons (Fsp3) is 0.435. The summed E-state index contributed by atoms with van der Waals surface area (Å²) in [6.07, 6.45) is 1.31. The van der Waals surface area contributed by atoms with E-state index in [1.54, 1.807) is 31.4 Å². The molecule has 2 aromatic carbocycles. The van der Waals surface area contributed by atoms with Crippen LogP contribution in [0.3, 0.4) is 0 Å². The molecule has 1 aliphatic rings. The number of benzene rings is 2. The van der Waals surface area contributed by atoms with Gasteiger partial charge in [0.05, 0.1) is 30.6 Å². The maximum Gasteiger partial charge on any atom is 0.243 e. The van der Waals surface area contributed by atoms with Crippen molar-refractivity contribution >= 4 is 15.9 Å². The predicted octanol–water partition coefficient (Wildman–Crippen LogP) is 3.37. The zero-order chi connectivity index (χ0) is 22.4. The van der Waals surface area contributed by atoms with Crippen LogP contribution in [0.5, 0.6) is 11.5 Å². The summed E-state index contributed by atoms with van der Waals surface area (Å²) in [6.45, 7) is 4.89. The second-order valence-electron chi connectivity index (χ2n) is 7.61. The summed E-state index contributed by atoms with van der Waals surface area (Å²) < 4.78 is 38.1. The summed E-state index contributed by atoms with van der Waals surface area (Å²) in [6, 6.07) is 13.7. The second kappa shape index (κ2) is 10.2. The van der Waals surface area contributed by atoms with Crippen LogP contribution in [0, 0.1) is 5.92 Å². The van der Waals surface area contributed by atoms with E-state index in [1.165, 1.54) is 4.31 Å². The van der Waals surface area contributed by atoms with Crippen LogP contribution in [-0.4, -0.2) is 45.4 Å². The van der Waals surface area contributed by atoms with Crippen molar-refractivity contribution in [1.82, 2.24) is 9.62 Å². The minimum atomic E-state index is -3.66. The highest BCUT2D eigenvalue weighted by atomic mass is 32.2. The van der Waals surface area contributed by atoms with Crippen LogP contribution in [0.15, 0.2) is 53.4 Å². The number of ether oxygens (including phenoxy) is 2. The normalized spacial score (nSPS) is 18.2. The largest absolute Gasteiger partial charge is 0.497 e. The average molecular weight is 447 g/mol. The van der Waals surface area contributed by atoms with E-state index >= 15 is 0 Å². The Balaban J connectivity index is 1.65. The molecule has 8 heteroatoms. The van der Waals surface area contributed by atoms with Crippen molar-refractivity contribution in [3.63, 3.8) is 0 Å². The second-order valence-corrected chi connectivity index (χ2v) is 9.55. The molecular weight excluding hydrogens is 416 g/mol. The highest BCUT2D eigenvalue weighted by Gasteiger charge is 2.33. The third kappa shape index (κ3) is 5.57. The van der Waals surface area contributed by atoms with Crippen LogP contribution in [0.1, 0.15) is 38.3 Å². The molecular formula is C23H30N2O5S. The lowest BCUT2D eigenvalue weighted by Crippen LogP contribution is -2.45. The van der Waals surface area contributed by atoms with Gasteiger partial charge in [-0.3, -0.25) is 4.79 Å². The fourth-order valence-corrected chi connectivity index (χ4v) is 5.23. The van der Waals surface area contributed by atoms with Crippen LogP contribution in [0.2, 0.25) is 0 Å². The molecule has 1 saturated heterocycles. The van der Waals surface area contributed by atoms with Gasteiger partial charge >= 0.3 is 0 Å². The minimum Gasteiger partial charge on any atom is -0.497 e. The van der Waals surface area contributed by atoms with E-state index in [2.05, 4.69) is 5.32 Å². The molecule has 0 radical (unpaired) electrons. The number of nitrogens with zero attached hydrogens (tertiary/aromatic N) is 1. The van der Waals surface area contributed by atoms with Crippen LogP contribution < -0.4 is 14.8 Å². The van der Waals surface area contributed by atoms with Gasteiger partial charge in [-0.2, -0.15) is 4.31 Å². The Kier molecular flexibility index (Phi) is 7.56. The first-order chi connectivity index (χ1) is 14.8. The molecule has 0 saturated carbocycles. The number of nitrogens with one attached hydrogen (secondary N) is 1. The summed E-state index contributed by atoms with van der Waals surface area (Å²) in [4.78, 5) is 13.1. The molecule has 2 atom stereocenters. The SMILES string of the molecule is CCOc1ccc(S(=O)(=O)N2CCC[C@@H](C(=O)N[C@@H](C)c3ccc(OC)cc3)C2)cc1. The minimum absolute atomic E-state index is 0.130. The van der Waals surface area contributed by atoms with E-state index in [0.717, 1.165) is 11.3 Å². The first-order valence-electron chi connectivity index (χ1n) is 10.5. The molecule has 0 spiro atoms. The molecule has 0 bridgehead atoms. The highest BCUT2D eigenvalue weighted by Crippen LogP contribution is 2.26. The molecule has 1 N–H and O–H groups in total. The third-order valence-electron chi connectivity index (χ3n) is 5.50. The lowest BCUT2D eigenvalue weighted by Gasteiger charge is -2.32. The van der Waals surface area contributed by atoms with E-state index in [9.17, 15) is 13.2 Å². The summed E-state index contributed by atoms with van der Waals surface area (Å²) in [5.74, 6) is 0.872. The predicted molar refractivity (Wildman–Crippen MR) is 119 cm³/mol. The van der Waals surface area contributed by atoms with Gasteiger partial charge in [0.25, 0.3) is 0 Å². The van der Waals surface area contributed by atoms with Crippen molar-refractivity contribution in [2.45, 2.75) is 37.6 Å². The highest BCUT2D eigenvalue weighted by molar-refractivity contribution is 7.89. The zero-order valence-electron chi connectivity index (χ0n) is 18.2. The quantitative estimate of drug-likeness (QED) is 0.672. The molecule has 168 valence electrons. The summed E-state index contributed by atoms with van der Waals surface area (Å²) in [7, 11) is -2.06. The van der Waals surface area contributed by atoms with E-state index in [0.29, 0.717) is 31.7 Å². The van der Waals surface area contributed by atoms with Gasteiger partial charge in [0.15, 0.2) is 0 Å². The number of hydrogen-bond acceptors (Lipinski definition) is 5. The molecule has 7 nitrogen and oxygen atoms in total. The molecule has 1 amide bonds. The number of methoxy groups -OCH3 is 1. The van der Waals surface area contributed by atoms with Gasteiger partial charge in [0.2, 0.25) is 15.9 Å². The zero-order valence-corrected chi connectivity index (χ0v) is 19.0. The van der Waals surface area contributed by atoms with Crippen LogP contribution in [0.25, 0.3) is 0 Å². The number of piperidine rings is 1. The number of carbonyl (C=O) groups is 1. The Bertz CT molecular complexity index is 974. The van der Waals surface area contributed by atoms with Gasteiger partial charge in [-0.15, -0.1) is 0 Å². The molecule has 31 heavy (non-hydrogen) atoms. The smallest absolute Gasteiger partial charge is 0.243 e. The maximum absolute atomic E-state index is 13.1. The number of rotatable bonds is 8. The Labute approximate surface area is 184 Å². The summed E-state index contributed by atoms with van der Waals surface area (Å²) >= 11 is 0. The van der Waals surface area contributed by atoms with E-state index < -0.39 is 10.0 Å². The number of amides is 1. The number of carbonyl (C=O) groups excluding carboxylic acids is 1. The van der Waals surface area contributed by atoms with Crippen LogP contribution in [0.4, 0.5) is 0 Å². The molecule has 3 rings (SSSR count). The monoisotopic (exact) mass is 446 g/mol. The summed E-state index contributed by atoms with van der Waals surface area (Å²) in [5.41, 5.74) is 0.962.